The lowest BCUT2D eigenvalue weighted by Crippen LogP contribution is -2.52. The van der Waals surface area contributed by atoms with Gasteiger partial charge in [0.15, 0.2) is 0 Å². The Labute approximate surface area is 126 Å². The van der Waals surface area contributed by atoms with Crippen molar-refractivity contribution in [3.05, 3.63) is 0 Å². The number of rotatable bonds is 3. The molecule has 0 aromatic heterocycles. The Hall–Kier alpha value is -0.0800. The van der Waals surface area contributed by atoms with E-state index in [1.165, 1.54) is 51.6 Å². The molecule has 1 aliphatic carbocycles. The van der Waals surface area contributed by atoms with Crippen molar-refractivity contribution >= 4 is 0 Å². The molecule has 1 heterocycles. The molecule has 0 aromatic carbocycles. The average Bonchev–Trinajstić information content (AvgIpc) is 2.38. The molecule has 2 aliphatic rings. The number of likely N-dealkylation sites (tertiary alicyclic amines) is 1. The van der Waals surface area contributed by atoms with Gasteiger partial charge >= 0.3 is 0 Å². The van der Waals surface area contributed by atoms with E-state index in [0.717, 1.165) is 18.0 Å². The molecular formula is C18H36N2. The van der Waals surface area contributed by atoms with E-state index < -0.39 is 0 Å². The maximum absolute atomic E-state index is 4.05. The van der Waals surface area contributed by atoms with E-state index in [0.29, 0.717) is 11.5 Å². The van der Waals surface area contributed by atoms with Crippen LogP contribution in [0.1, 0.15) is 73.1 Å². The summed E-state index contributed by atoms with van der Waals surface area (Å²) in [7, 11) is 0. The van der Waals surface area contributed by atoms with Crippen LogP contribution >= 0.6 is 0 Å². The zero-order valence-electron chi connectivity index (χ0n) is 14.4. The standard InChI is InChI=1S/C18H36N2/c1-14(2)20-12-10-15(11-13-20)19-17-9-7-6-8-16(17)18(3,4)5/h14-17,19H,6-13H2,1-5H3. The SMILES string of the molecule is CC(C)N1CCC(NC2CCCCC2C(C)(C)C)CC1. The Morgan fingerprint density at radius 1 is 0.950 bits per heavy atom. The molecule has 0 aromatic rings. The quantitative estimate of drug-likeness (QED) is 0.839. The third kappa shape index (κ3) is 4.21. The Balaban J connectivity index is 1.86. The smallest absolute Gasteiger partial charge is 0.0103 e. The highest BCUT2D eigenvalue weighted by Gasteiger charge is 2.35. The number of hydrogen-bond acceptors (Lipinski definition) is 2. The first-order chi connectivity index (χ1) is 9.38. The second kappa shape index (κ2) is 6.79. The van der Waals surface area contributed by atoms with Crippen molar-refractivity contribution in [2.75, 3.05) is 13.1 Å². The van der Waals surface area contributed by atoms with Crippen LogP contribution in [0.5, 0.6) is 0 Å². The summed E-state index contributed by atoms with van der Waals surface area (Å²) in [5.74, 6) is 0.861. The number of nitrogens with one attached hydrogen (secondary N) is 1. The van der Waals surface area contributed by atoms with Gasteiger partial charge in [-0.15, -0.1) is 0 Å². The molecule has 0 spiro atoms. The van der Waals surface area contributed by atoms with Crippen LogP contribution in [0.25, 0.3) is 0 Å². The van der Waals surface area contributed by atoms with Crippen LogP contribution in [0, 0.1) is 11.3 Å². The highest BCUT2D eigenvalue weighted by molar-refractivity contribution is 4.91. The van der Waals surface area contributed by atoms with Gasteiger partial charge < -0.3 is 10.2 Å². The first-order valence-electron chi connectivity index (χ1n) is 8.88. The van der Waals surface area contributed by atoms with Crippen molar-refractivity contribution in [2.24, 2.45) is 11.3 Å². The molecule has 1 saturated heterocycles. The number of piperidine rings is 1. The summed E-state index contributed by atoms with van der Waals surface area (Å²) in [4.78, 5) is 2.63. The second-order valence-electron chi connectivity index (χ2n) is 8.43. The molecule has 1 aliphatic heterocycles. The Morgan fingerprint density at radius 2 is 1.55 bits per heavy atom. The lowest BCUT2D eigenvalue weighted by molar-refractivity contribution is 0.101. The predicted molar refractivity (Wildman–Crippen MR) is 88.1 cm³/mol. The molecule has 0 radical (unpaired) electrons. The molecule has 1 N–H and O–H groups in total. The van der Waals surface area contributed by atoms with Gasteiger partial charge in [0.1, 0.15) is 0 Å². The first kappa shape index (κ1) is 16.3. The molecule has 2 rings (SSSR count). The summed E-state index contributed by atoms with van der Waals surface area (Å²) >= 11 is 0. The monoisotopic (exact) mass is 280 g/mol. The minimum Gasteiger partial charge on any atom is -0.311 e. The van der Waals surface area contributed by atoms with Crippen molar-refractivity contribution < 1.29 is 0 Å². The van der Waals surface area contributed by atoms with Gasteiger partial charge in [-0.25, -0.2) is 0 Å². The summed E-state index contributed by atoms with van der Waals surface area (Å²) in [6, 6.07) is 2.24. The lowest BCUT2D eigenvalue weighted by Gasteiger charge is -2.44. The zero-order chi connectivity index (χ0) is 14.8. The largest absolute Gasteiger partial charge is 0.311 e. The van der Waals surface area contributed by atoms with E-state index in [9.17, 15) is 0 Å². The normalized spacial score (nSPS) is 30.9. The molecule has 2 fully saturated rings. The predicted octanol–water partition coefficient (Wildman–Crippen LogP) is 4.05. The molecule has 0 bridgehead atoms. The highest BCUT2D eigenvalue weighted by Crippen LogP contribution is 2.38. The Kier molecular flexibility index (Phi) is 5.53. The fraction of sp³-hybridized carbons (Fsp3) is 1.00. The van der Waals surface area contributed by atoms with E-state index in [2.05, 4.69) is 44.8 Å². The van der Waals surface area contributed by atoms with Crippen molar-refractivity contribution in [1.29, 1.82) is 0 Å². The molecule has 2 nitrogen and oxygen atoms in total. The molecule has 118 valence electrons. The van der Waals surface area contributed by atoms with Crippen LogP contribution in [0.2, 0.25) is 0 Å². The summed E-state index contributed by atoms with van der Waals surface area (Å²) in [5, 5.41) is 4.05. The zero-order valence-corrected chi connectivity index (χ0v) is 14.4. The molecule has 1 saturated carbocycles. The van der Waals surface area contributed by atoms with Crippen molar-refractivity contribution in [3.8, 4) is 0 Å². The van der Waals surface area contributed by atoms with Gasteiger partial charge in [-0.3, -0.25) is 0 Å². The first-order valence-corrected chi connectivity index (χ1v) is 8.88. The van der Waals surface area contributed by atoms with Crippen LogP contribution in [-0.4, -0.2) is 36.1 Å². The molecule has 2 atom stereocenters. The van der Waals surface area contributed by atoms with E-state index in [-0.39, 0.29) is 0 Å². The van der Waals surface area contributed by atoms with Crippen LogP contribution < -0.4 is 5.32 Å². The van der Waals surface area contributed by atoms with Crippen molar-refractivity contribution in [1.82, 2.24) is 10.2 Å². The van der Waals surface area contributed by atoms with Gasteiger partial charge in [-0.05, 0) is 64.0 Å². The maximum Gasteiger partial charge on any atom is 0.0103 e. The minimum atomic E-state index is 0.455. The third-order valence-electron chi connectivity index (χ3n) is 5.59. The summed E-state index contributed by atoms with van der Waals surface area (Å²) in [5.41, 5.74) is 0.455. The molecule has 20 heavy (non-hydrogen) atoms. The Bertz CT molecular complexity index is 284. The van der Waals surface area contributed by atoms with Crippen LogP contribution in [0.4, 0.5) is 0 Å². The number of nitrogens with zero attached hydrogens (tertiary/aromatic N) is 1. The Morgan fingerprint density at radius 3 is 2.10 bits per heavy atom. The summed E-state index contributed by atoms with van der Waals surface area (Å²) in [6.45, 7) is 14.5. The average molecular weight is 280 g/mol. The third-order valence-corrected chi connectivity index (χ3v) is 5.59. The van der Waals surface area contributed by atoms with Gasteiger partial charge in [0, 0.05) is 18.1 Å². The summed E-state index contributed by atoms with van der Waals surface area (Å²) in [6.07, 6.45) is 8.36. The molecule has 0 amide bonds. The topological polar surface area (TPSA) is 15.3 Å². The van der Waals surface area contributed by atoms with Crippen LogP contribution in [0.15, 0.2) is 0 Å². The maximum atomic E-state index is 4.05. The van der Waals surface area contributed by atoms with Gasteiger partial charge in [-0.1, -0.05) is 33.6 Å². The summed E-state index contributed by atoms with van der Waals surface area (Å²) < 4.78 is 0. The lowest BCUT2D eigenvalue weighted by atomic mass is 9.69. The fourth-order valence-electron chi connectivity index (χ4n) is 4.25. The van der Waals surface area contributed by atoms with Gasteiger partial charge in [0.2, 0.25) is 0 Å². The van der Waals surface area contributed by atoms with Crippen molar-refractivity contribution in [3.63, 3.8) is 0 Å². The van der Waals surface area contributed by atoms with Gasteiger partial charge in [0.05, 0.1) is 0 Å². The van der Waals surface area contributed by atoms with Crippen LogP contribution in [0.3, 0.4) is 0 Å². The second-order valence-corrected chi connectivity index (χ2v) is 8.43. The van der Waals surface area contributed by atoms with Crippen LogP contribution in [-0.2, 0) is 0 Å². The van der Waals surface area contributed by atoms with E-state index in [4.69, 9.17) is 0 Å². The van der Waals surface area contributed by atoms with Gasteiger partial charge in [-0.2, -0.15) is 0 Å². The number of hydrogen-bond donors (Lipinski definition) is 1. The highest BCUT2D eigenvalue weighted by atomic mass is 15.2. The van der Waals surface area contributed by atoms with E-state index in [1.807, 2.05) is 0 Å². The molecular weight excluding hydrogens is 244 g/mol. The minimum absolute atomic E-state index is 0.455. The van der Waals surface area contributed by atoms with Gasteiger partial charge in [0.25, 0.3) is 0 Å². The van der Waals surface area contributed by atoms with E-state index >= 15 is 0 Å². The molecule has 2 heteroatoms. The van der Waals surface area contributed by atoms with Crippen molar-refractivity contribution in [2.45, 2.75) is 91.3 Å². The fourth-order valence-corrected chi connectivity index (χ4v) is 4.25. The molecule has 2 unspecified atom stereocenters. The van der Waals surface area contributed by atoms with E-state index in [1.54, 1.807) is 0 Å².